The van der Waals surface area contributed by atoms with Crippen molar-refractivity contribution in [2.45, 2.75) is 32.3 Å². The first kappa shape index (κ1) is 18.4. The number of carbonyl (C=O) groups is 1. The van der Waals surface area contributed by atoms with Gasteiger partial charge in [0.1, 0.15) is 5.82 Å². The van der Waals surface area contributed by atoms with Gasteiger partial charge < -0.3 is 15.4 Å². The van der Waals surface area contributed by atoms with Gasteiger partial charge in [-0.25, -0.2) is 0 Å². The molecular weight excluding hydrogens is 356 g/mol. The number of nitrogens with zero attached hydrogens (tertiary/aromatic N) is 4. The predicted octanol–water partition coefficient (Wildman–Crippen LogP) is 2.00. The Labute approximate surface area is 163 Å². The summed E-state index contributed by atoms with van der Waals surface area (Å²) in [6.45, 7) is 4.03. The second kappa shape index (κ2) is 8.35. The fourth-order valence-corrected chi connectivity index (χ4v) is 3.20. The van der Waals surface area contributed by atoms with Gasteiger partial charge in [0.2, 0.25) is 0 Å². The number of aryl methyl sites for hydroxylation is 1. The molecule has 8 heteroatoms. The van der Waals surface area contributed by atoms with Crippen LogP contribution in [0.25, 0.3) is 5.65 Å². The molecule has 1 saturated heterocycles. The molecule has 0 spiro atoms. The summed E-state index contributed by atoms with van der Waals surface area (Å²) in [6, 6.07) is 11.3. The standard InChI is InChI=1S/C20H24N6O2/c1-14-4-6-15(7-5-14)20(27)21-11-10-19-24-23-18-9-8-17(25-26(18)19)22-13-16-3-2-12-28-16/h4-9,16H,2-3,10-13H2,1H3,(H,21,27)(H,22,25)/t16-/m1/s1. The minimum Gasteiger partial charge on any atom is -0.376 e. The van der Waals surface area contributed by atoms with Gasteiger partial charge in [0.15, 0.2) is 11.5 Å². The van der Waals surface area contributed by atoms with Gasteiger partial charge in [0.05, 0.1) is 6.10 Å². The highest BCUT2D eigenvalue weighted by atomic mass is 16.5. The second-order valence-electron chi connectivity index (χ2n) is 6.99. The number of aromatic nitrogens is 4. The minimum atomic E-state index is -0.0966. The van der Waals surface area contributed by atoms with Crippen molar-refractivity contribution in [1.82, 2.24) is 25.1 Å². The summed E-state index contributed by atoms with van der Waals surface area (Å²) >= 11 is 0. The number of fused-ring (bicyclic) bond motifs is 1. The smallest absolute Gasteiger partial charge is 0.251 e. The van der Waals surface area contributed by atoms with Gasteiger partial charge in [-0.1, -0.05) is 17.7 Å². The number of hydrogen-bond donors (Lipinski definition) is 2. The van der Waals surface area contributed by atoms with Crippen molar-refractivity contribution < 1.29 is 9.53 Å². The third-order valence-electron chi connectivity index (χ3n) is 4.81. The van der Waals surface area contributed by atoms with E-state index in [0.717, 1.165) is 37.4 Å². The summed E-state index contributed by atoms with van der Waals surface area (Å²) in [5, 5.41) is 19.2. The molecule has 1 aliphatic heterocycles. The molecule has 0 radical (unpaired) electrons. The summed E-state index contributed by atoms with van der Waals surface area (Å²) in [4.78, 5) is 12.2. The SMILES string of the molecule is Cc1ccc(C(=O)NCCc2nnc3ccc(NC[C@H]4CCCO4)nn23)cc1. The first-order valence-electron chi connectivity index (χ1n) is 9.61. The summed E-state index contributed by atoms with van der Waals surface area (Å²) in [5.74, 6) is 1.37. The lowest BCUT2D eigenvalue weighted by Crippen LogP contribution is -2.26. The van der Waals surface area contributed by atoms with Gasteiger partial charge in [0, 0.05) is 31.7 Å². The number of amides is 1. The normalized spacial score (nSPS) is 16.4. The maximum atomic E-state index is 12.2. The first-order valence-corrected chi connectivity index (χ1v) is 9.61. The maximum Gasteiger partial charge on any atom is 0.251 e. The zero-order valence-electron chi connectivity index (χ0n) is 15.9. The number of anilines is 1. The molecule has 0 unspecified atom stereocenters. The Balaban J connectivity index is 1.35. The van der Waals surface area contributed by atoms with Crippen molar-refractivity contribution in [2.24, 2.45) is 0 Å². The molecular formula is C20H24N6O2. The molecule has 3 aromatic rings. The van der Waals surface area contributed by atoms with Crippen molar-refractivity contribution in [3.05, 3.63) is 53.3 Å². The van der Waals surface area contributed by atoms with E-state index in [0.29, 0.717) is 30.0 Å². The third kappa shape index (κ3) is 4.28. The number of benzene rings is 1. The van der Waals surface area contributed by atoms with Crippen molar-refractivity contribution in [2.75, 3.05) is 25.0 Å². The maximum absolute atomic E-state index is 12.2. The molecule has 3 heterocycles. The highest BCUT2D eigenvalue weighted by Gasteiger charge is 2.15. The Morgan fingerprint density at radius 1 is 1.21 bits per heavy atom. The molecule has 1 fully saturated rings. The van der Waals surface area contributed by atoms with E-state index >= 15 is 0 Å². The largest absolute Gasteiger partial charge is 0.376 e. The molecule has 8 nitrogen and oxygen atoms in total. The van der Waals surface area contributed by atoms with E-state index in [4.69, 9.17) is 4.74 Å². The molecule has 0 bridgehead atoms. The Morgan fingerprint density at radius 3 is 2.86 bits per heavy atom. The third-order valence-corrected chi connectivity index (χ3v) is 4.81. The van der Waals surface area contributed by atoms with Gasteiger partial charge in [-0.15, -0.1) is 15.3 Å². The Hall–Kier alpha value is -3.00. The van der Waals surface area contributed by atoms with Crippen LogP contribution in [-0.2, 0) is 11.2 Å². The monoisotopic (exact) mass is 380 g/mol. The topological polar surface area (TPSA) is 93.4 Å². The van der Waals surface area contributed by atoms with Crippen molar-refractivity contribution in [3.8, 4) is 0 Å². The van der Waals surface area contributed by atoms with Crippen LogP contribution in [0.5, 0.6) is 0 Å². The number of rotatable bonds is 7. The highest BCUT2D eigenvalue weighted by molar-refractivity contribution is 5.94. The van der Waals surface area contributed by atoms with Crippen molar-refractivity contribution in [1.29, 1.82) is 0 Å². The minimum absolute atomic E-state index is 0.0966. The van der Waals surface area contributed by atoms with E-state index in [1.807, 2.05) is 43.3 Å². The van der Waals surface area contributed by atoms with E-state index in [9.17, 15) is 4.79 Å². The van der Waals surface area contributed by atoms with Gasteiger partial charge in [-0.3, -0.25) is 4.79 Å². The highest BCUT2D eigenvalue weighted by Crippen LogP contribution is 2.13. The van der Waals surface area contributed by atoms with Gasteiger partial charge in [-0.2, -0.15) is 4.52 Å². The van der Waals surface area contributed by atoms with E-state index in [-0.39, 0.29) is 12.0 Å². The second-order valence-corrected chi connectivity index (χ2v) is 6.99. The molecule has 28 heavy (non-hydrogen) atoms. The quantitative estimate of drug-likeness (QED) is 0.651. The molecule has 0 saturated carbocycles. The van der Waals surface area contributed by atoms with E-state index in [1.54, 1.807) is 4.52 Å². The van der Waals surface area contributed by atoms with Crippen LogP contribution < -0.4 is 10.6 Å². The van der Waals surface area contributed by atoms with Gasteiger partial charge in [0.25, 0.3) is 5.91 Å². The van der Waals surface area contributed by atoms with Crippen molar-refractivity contribution in [3.63, 3.8) is 0 Å². The van der Waals surface area contributed by atoms with E-state index < -0.39 is 0 Å². The van der Waals surface area contributed by atoms with Crippen molar-refractivity contribution >= 4 is 17.4 Å². The van der Waals surface area contributed by atoms with Crippen LogP contribution in [0, 0.1) is 6.92 Å². The Morgan fingerprint density at radius 2 is 2.07 bits per heavy atom. The summed E-state index contributed by atoms with van der Waals surface area (Å²) in [6.07, 6.45) is 2.98. The fourth-order valence-electron chi connectivity index (χ4n) is 3.20. The van der Waals surface area contributed by atoms with Crippen LogP contribution in [0.3, 0.4) is 0 Å². The van der Waals surface area contributed by atoms with Gasteiger partial charge >= 0.3 is 0 Å². The number of nitrogens with one attached hydrogen (secondary N) is 2. The number of ether oxygens (including phenoxy) is 1. The Bertz CT molecular complexity index is 947. The van der Waals surface area contributed by atoms with Crippen LogP contribution in [0.15, 0.2) is 36.4 Å². The lowest BCUT2D eigenvalue weighted by atomic mass is 10.1. The van der Waals surface area contributed by atoms with Crippen LogP contribution in [0.4, 0.5) is 5.82 Å². The first-order chi connectivity index (χ1) is 13.7. The molecule has 4 rings (SSSR count). The molecule has 1 amide bonds. The average molecular weight is 380 g/mol. The summed E-state index contributed by atoms with van der Waals surface area (Å²) < 4.78 is 7.35. The van der Waals surface area contributed by atoms with Crippen LogP contribution in [0.1, 0.15) is 34.6 Å². The lowest BCUT2D eigenvalue weighted by molar-refractivity contribution is 0.0954. The average Bonchev–Trinajstić information content (AvgIpc) is 3.37. The summed E-state index contributed by atoms with van der Waals surface area (Å²) in [7, 11) is 0. The zero-order chi connectivity index (χ0) is 19.3. The van der Waals surface area contributed by atoms with Gasteiger partial charge in [-0.05, 0) is 44.0 Å². The van der Waals surface area contributed by atoms with E-state index in [1.165, 1.54) is 0 Å². The molecule has 2 N–H and O–H groups in total. The molecule has 0 aliphatic carbocycles. The molecule has 1 aliphatic rings. The number of carbonyl (C=O) groups excluding carboxylic acids is 1. The fraction of sp³-hybridized carbons (Fsp3) is 0.400. The van der Waals surface area contributed by atoms with Crippen LogP contribution in [0.2, 0.25) is 0 Å². The number of hydrogen-bond acceptors (Lipinski definition) is 6. The zero-order valence-corrected chi connectivity index (χ0v) is 15.9. The van der Waals surface area contributed by atoms with Crippen LogP contribution >= 0.6 is 0 Å². The summed E-state index contributed by atoms with van der Waals surface area (Å²) in [5.41, 5.74) is 2.46. The molecule has 1 aromatic carbocycles. The molecule has 2 aromatic heterocycles. The van der Waals surface area contributed by atoms with Crippen LogP contribution in [-0.4, -0.2) is 51.5 Å². The predicted molar refractivity (Wildman–Crippen MR) is 105 cm³/mol. The lowest BCUT2D eigenvalue weighted by Gasteiger charge is -2.11. The Kier molecular flexibility index (Phi) is 5.48. The van der Waals surface area contributed by atoms with E-state index in [2.05, 4.69) is 25.9 Å². The molecule has 146 valence electrons. The molecule has 1 atom stereocenters.